The molecule has 12 heavy (non-hydrogen) atoms. The lowest BCUT2D eigenvalue weighted by Gasteiger charge is -2.00. The Morgan fingerprint density at radius 2 is 2.33 bits per heavy atom. The highest BCUT2D eigenvalue weighted by molar-refractivity contribution is 6.31. The van der Waals surface area contributed by atoms with Gasteiger partial charge in [0.05, 0.1) is 12.8 Å². The number of halogens is 1. The van der Waals surface area contributed by atoms with E-state index in [1.165, 1.54) is 13.2 Å². The van der Waals surface area contributed by atoms with Gasteiger partial charge < -0.3 is 4.74 Å². The van der Waals surface area contributed by atoms with E-state index in [0.29, 0.717) is 10.7 Å². The van der Waals surface area contributed by atoms with E-state index in [4.69, 9.17) is 22.8 Å². The molecule has 0 atom stereocenters. The average Bonchev–Trinajstić information content (AvgIpc) is 2.12. The minimum absolute atomic E-state index is 0.280. The normalized spacial score (nSPS) is 13.0. The molecule has 0 aliphatic rings. The van der Waals surface area contributed by atoms with Gasteiger partial charge in [0, 0.05) is 0 Å². The standard InChI is InChI=1S/C9H10ClNO/c1-5-7(3)11-9(12-4)8(10)6-2/h1,6H,2H2,3-4H3/b9-8-,11-7+. The van der Waals surface area contributed by atoms with Crippen molar-refractivity contribution in [2.75, 3.05) is 7.11 Å². The van der Waals surface area contributed by atoms with Crippen LogP contribution < -0.4 is 0 Å². The van der Waals surface area contributed by atoms with Crippen LogP contribution in [0.25, 0.3) is 0 Å². The van der Waals surface area contributed by atoms with Gasteiger partial charge >= 0.3 is 0 Å². The van der Waals surface area contributed by atoms with Crippen LogP contribution in [0.5, 0.6) is 0 Å². The van der Waals surface area contributed by atoms with Crippen LogP contribution in [0.15, 0.2) is 28.6 Å². The molecule has 0 heterocycles. The summed E-state index contributed by atoms with van der Waals surface area (Å²) >= 11 is 5.69. The average molecular weight is 184 g/mol. The van der Waals surface area contributed by atoms with E-state index in [-0.39, 0.29) is 5.88 Å². The van der Waals surface area contributed by atoms with Crippen molar-refractivity contribution in [2.45, 2.75) is 6.92 Å². The van der Waals surface area contributed by atoms with Crippen molar-refractivity contribution in [3.8, 4) is 12.3 Å². The molecular weight excluding hydrogens is 174 g/mol. The Morgan fingerprint density at radius 3 is 2.67 bits per heavy atom. The third kappa shape index (κ3) is 3.27. The van der Waals surface area contributed by atoms with Gasteiger partial charge in [0.2, 0.25) is 5.88 Å². The minimum atomic E-state index is 0.280. The van der Waals surface area contributed by atoms with Crippen molar-refractivity contribution < 1.29 is 4.74 Å². The molecule has 0 bridgehead atoms. The Hall–Kier alpha value is -1.20. The van der Waals surface area contributed by atoms with Gasteiger partial charge in [-0.15, -0.1) is 6.42 Å². The molecule has 0 unspecified atom stereocenters. The molecule has 0 aromatic rings. The molecule has 2 nitrogen and oxygen atoms in total. The van der Waals surface area contributed by atoms with Crippen molar-refractivity contribution in [1.82, 2.24) is 0 Å². The predicted octanol–water partition coefficient (Wildman–Crippen LogP) is 2.32. The lowest BCUT2D eigenvalue weighted by Crippen LogP contribution is -1.91. The summed E-state index contributed by atoms with van der Waals surface area (Å²) in [6, 6.07) is 0. The highest BCUT2D eigenvalue weighted by atomic mass is 35.5. The molecule has 0 amide bonds. The first kappa shape index (κ1) is 10.8. The van der Waals surface area contributed by atoms with E-state index in [2.05, 4.69) is 17.5 Å². The van der Waals surface area contributed by atoms with Crippen LogP contribution >= 0.6 is 11.6 Å². The summed E-state index contributed by atoms with van der Waals surface area (Å²) in [4.78, 5) is 3.92. The molecule has 0 aromatic carbocycles. The first-order chi connectivity index (χ1) is 5.65. The van der Waals surface area contributed by atoms with Gasteiger partial charge in [0.15, 0.2) is 0 Å². The lowest BCUT2D eigenvalue weighted by atomic mass is 10.4. The minimum Gasteiger partial charge on any atom is -0.480 e. The molecule has 0 aliphatic carbocycles. The molecule has 0 fully saturated rings. The van der Waals surface area contributed by atoms with Gasteiger partial charge in [-0.2, -0.15) is 0 Å². The van der Waals surface area contributed by atoms with E-state index >= 15 is 0 Å². The first-order valence-corrected chi connectivity index (χ1v) is 3.61. The van der Waals surface area contributed by atoms with Crippen molar-refractivity contribution in [3.05, 3.63) is 23.6 Å². The van der Waals surface area contributed by atoms with Crippen LogP contribution in [-0.4, -0.2) is 12.8 Å². The maximum atomic E-state index is 5.69. The molecule has 0 spiro atoms. The fourth-order valence-corrected chi connectivity index (χ4v) is 0.588. The Morgan fingerprint density at radius 1 is 1.75 bits per heavy atom. The van der Waals surface area contributed by atoms with E-state index in [9.17, 15) is 0 Å². The Bertz CT molecular complexity index is 271. The van der Waals surface area contributed by atoms with Crippen LogP contribution in [0.1, 0.15) is 6.92 Å². The second-order valence-electron chi connectivity index (χ2n) is 1.90. The molecule has 0 aromatic heterocycles. The molecule has 0 rings (SSSR count). The zero-order chi connectivity index (χ0) is 9.56. The summed E-state index contributed by atoms with van der Waals surface area (Å²) in [6.45, 7) is 5.16. The largest absolute Gasteiger partial charge is 0.480 e. The van der Waals surface area contributed by atoms with Gasteiger partial charge in [-0.3, -0.25) is 0 Å². The molecular formula is C9H10ClNO. The number of ether oxygens (including phenoxy) is 1. The third-order valence-electron chi connectivity index (χ3n) is 1.06. The van der Waals surface area contributed by atoms with Gasteiger partial charge in [-0.25, -0.2) is 4.99 Å². The van der Waals surface area contributed by atoms with Gasteiger partial charge in [-0.05, 0) is 13.0 Å². The smallest absolute Gasteiger partial charge is 0.233 e. The van der Waals surface area contributed by atoms with E-state index < -0.39 is 0 Å². The SMILES string of the molecule is C#C/C(C)=N/C(OC)=C(/Cl)C=C. The molecule has 3 heteroatoms. The van der Waals surface area contributed by atoms with E-state index in [1.807, 2.05) is 0 Å². The molecule has 0 aliphatic heterocycles. The van der Waals surface area contributed by atoms with E-state index in [1.54, 1.807) is 6.92 Å². The number of aliphatic imine (C=N–C) groups is 1. The van der Waals surface area contributed by atoms with Gasteiger partial charge in [0.1, 0.15) is 5.03 Å². The number of methoxy groups -OCH3 is 1. The predicted molar refractivity (Wildman–Crippen MR) is 52.0 cm³/mol. The fourth-order valence-electron chi connectivity index (χ4n) is 0.468. The summed E-state index contributed by atoms with van der Waals surface area (Å²) in [5.41, 5.74) is 0.506. The van der Waals surface area contributed by atoms with Crippen molar-refractivity contribution in [3.63, 3.8) is 0 Å². The quantitative estimate of drug-likeness (QED) is 0.285. The topological polar surface area (TPSA) is 21.6 Å². The third-order valence-corrected chi connectivity index (χ3v) is 1.37. The van der Waals surface area contributed by atoms with Crippen LogP contribution in [0.2, 0.25) is 0 Å². The highest BCUT2D eigenvalue weighted by Gasteiger charge is 1.98. The Labute approximate surface area is 77.6 Å². The molecule has 64 valence electrons. The Kier molecular flexibility index (Phi) is 4.91. The van der Waals surface area contributed by atoms with Crippen molar-refractivity contribution >= 4 is 17.3 Å². The van der Waals surface area contributed by atoms with Gasteiger partial charge in [0.25, 0.3) is 0 Å². The second kappa shape index (κ2) is 5.45. The molecule has 0 saturated heterocycles. The second-order valence-corrected chi connectivity index (χ2v) is 2.31. The van der Waals surface area contributed by atoms with Crippen LogP contribution in [0, 0.1) is 12.3 Å². The van der Waals surface area contributed by atoms with Crippen molar-refractivity contribution in [2.24, 2.45) is 4.99 Å². The zero-order valence-electron chi connectivity index (χ0n) is 7.10. The van der Waals surface area contributed by atoms with Crippen LogP contribution in [0.3, 0.4) is 0 Å². The highest BCUT2D eigenvalue weighted by Crippen LogP contribution is 2.12. The number of hydrogen-bond donors (Lipinski definition) is 0. The Balaban J connectivity index is 4.84. The number of terminal acetylenes is 1. The maximum Gasteiger partial charge on any atom is 0.233 e. The van der Waals surface area contributed by atoms with Crippen molar-refractivity contribution in [1.29, 1.82) is 0 Å². The zero-order valence-corrected chi connectivity index (χ0v) is 7.85. The summed E-state index contributed by atoms with van der Waals surface area (Å²) in [7, 11) is 1.47. The maximum absolute atomic E-state index is 5.69. The van der Waals surface area contributed by atoms with E-state index in [0.717, 1.165) is 0 Å². The van der Waals surface area contributed by atoms with Crippen LogP contribution in [0.4, 0.5) is 0 Å². The molecule has 0 radical (unpaired) electrons. The molecule has 0 N–H and O–H groups in total. The number of nitrogens with zero attached hydrogens (tertiary/aromatic N) is 1. The first-order valence-electron chi connectivity index (χ1n) is 3.23. The summed E-state index contributed by atoms with van der Waals surface area (Å²) in [6.07, 6.45) is 6.53. The number of hydrogen-bond acceptors (Lipinski definition) is 2. The summed E-state index contributed by atoms with van der Waals surface area (Å²) < 4.78 is 4.87. The lowest BCUT2D eigenvalue weighted by molar-refractivity contribution is 0.287. The number of rotatable bonds is 3. The summed E-state index contributed by atoms with van der Waals surface area (Å²) in [5, 5.41) is 0.340. The summed E-state index contributed by atoms with van der Waals surface area (Å²) in [5.74, 6) is 2.63. The number of allylic oxidation sites excluding steroid dienone is 2. The molecule has 0 saturated carbocycles. The van der Waals surface area contributed by atoms with Gasteiger partial charge in [-0.1, -0.05) is 24.1 Å². The fraction of sp³-hybridized carbons (Fsp3) is 0.222. The van der Waals surface area contributed by atoms with Crippen LogP contribution in [-0.2, 0) is 4.74 Å². The monoisotopic (exact) mass is 183 g/mol.